The Morgan fingerprint density at radius 1 is 1.20 bits per heavy atom. The van der Waals surface area contributed by atoms with E-state index in [-0.39, 0.29) is 6.04 Å². The molecule has 0 aliphatic rings. The fourth-order valence-corrected chi connectivity index (χ4v) is 2.66. The average Bonchev–Trinajstić information content (AvgIpc) is 3.00. The van der Waals surface area contributed by atoms with E-state index in [0.717, 1.165) is 23.6 Å². The number of thiophene rings is 1. The Bertz CT molecular complexity index is 506. The van der Waals surface area contributed by atoms with E-state index in [1.54, 1.807) is 25.6 Å². The molecule has 0 fully saturated rings. The van der Waals surface area contributed by atoms with Gasteiger partial charge in [0.15, 0.2) is 0 Å². The molecule has 108 valence electrons. The number of benzene rings is 1. The van der Waals surface area contributed by atoms with Crippen LogP contribution in [0.25, 0.3) is 0 Å². The van der Waals surface area contributed by atoms with Gasteiger partial charge in [-0.25, -0.2) is 0 Å². The molecular weight excluding hydrogens is 272 g/mol. The highest BCUT2D eigenvalue weighted by molar-refractivity contribution is 7.09. The molecule has 3 N–H and O–H groups in total. The molecule has 0 saturated heterocycles. The summed E-state index contributed by atoms with van der Waals surface area (Å²) in [6.45, 7) is 1.32. The van der Waals surface area contributed by atoms with Gasteiger partial charge in [-0.1, -0.05) is 6.07 Å². The summed E-state index contributed by atoms with van der Waals surface area (Å²) in [7, 11) is 3.30. The zero-order chi connectivity index (χ0) is 14.4. The number of ether oxygens (including phenoxy) is 2. The second kappa shape index (κ2) is 7.28. The largest absolute Gasteiger partial charge is 0.497 e. The molecule has 0 spiro atoms. The van der Waals surface area contributed by atoms with Crippen molar-refractivity contribution in [2.45, 2.75) is 12.6 Å². The molecule has 0 bridgehead atoms. The van der Waals surface area contributed by atoms with Crippen LogP contribution in [0.2, 0.25) is 0 Å². The molecule has 20 heavy (non-hydrogen) atoms. The zero-order valence-corrected chi connectivity index (χ0v) is 12.6. The van der Waals surface area contributed by atoms with Gasteiger partial charge < -0.3 is 20.5 Å². The number of nitrogens with one attached hydrogen (secondary N) is 1. The van der Waals surface area contributed by atoms with Crippen LogP contribution in [0, 0.1) is 0 Å². The van der Waals surface area contributed by atoms with Crippen molar-refractivity contribution in [2.75, 3.05) is 20.8 Å². The Hall–Kier alpha value is -1.56. The first-order valence-corrected chi connectivity index (χ1v) is 7.33. The SMILES string of the molecule is COc1cc(OC)cc(C(CN)NCc2cccs2)c1. The van der Waals surface area contributed by atoms with Crippen LogP contribution in [0.1, 0.15) is 16.5 Å². The lowest BCUT2D eigenvalue weighted by atomic mass is 10.1. The summed E-state index contributed by atoms with van der Waals surface area (Å²) in [6, 6.07) is 10.1. The molecule has 5 heteroatoms. The van der Waals surface area contributed by atoms with E-state index in [9.17, 15) is 0 Å². The molecule has 2 aromatic rings. The number of methoxy groups -OCH3 is 2. The van der Waals surface area contributed by atoms with Crippen molar-refractivity contribution >= 4 is 11.3 Å². The minimum atomic E-state index is 0.0705. The van der Waals surface area contributed by atoms with Gasteiger partial charge >= 0.3 is 0 Å². The quantitative estimate of drug-likeness (QED) is 0.823. The summed E-state index contributed by atoms with van der Waals surface area (Å²) >= 11 is 1.73. The first kappa shape index (κ1) is 14.8. The predicted molar refractivity (Wildman–Crippen MR) is 82.5 cm³/mol. The van der Waals surface area contributed by atoms with E-state index < -0.39 is 0 Å². The summed E-state index contributed by atoms with van der Waals surface area (Å²) in [5.74, 6) is 1.55. The van der Waals surface area contributed by atoms with Crippen LogP contribution in [-0.2, 0) is 6.54 Å². The summed E-state index contributed by atoms with van der Waals surface area (Å²) in [6.07, 6.45) is 0. The topological polar surface area (TPSA) is 56.5 Å². The minimum Gasteiger partial charge on any atom is -0.497 e. The first-order valence-electron chi connectivity index (χ1n) is 6.45. The van der Waals surface area contributed by atoms with Crippen molar-refractivity contribution in [1.82, 2.24) is 5.32 Å². The molecule has 4 nitrogen and oxygen atoms in total. The normalized spacial score (nSPS) is 12.2. The van der Waals surface area contributed by atoms with E-state index in [1.807, 2.05) is 24.3 Å². The Morgan fingerprint density at radius 3 is 2.40 bits per heavy atom. The van der Waals surface area contributed by atoms with Crippen LogP contribution >= 0.6 is 11.3 Å². The molecule has 1 unspecified atom stereocenters. The lowest BCUT2D eigenvalue weighted by Gasteiger charge is -2.18. The molecule has 1 aromatic heterocycles. The Kier molecular flexibility index (Phi) is 5.40. The molecule has 2 rings (SSSR count). The van der Waals surface area contributed by atoms with E-state index in [4.69, 9.17) is 15.2 Å². The van der Waals surface area contributed by atoms with Crippen molar-refractivity contribution in [3.8, 4) is 11.5 Å². The zero-order valence-electron chi connectivity index (χ0n) is 11.8. The lowest BCUT2D eigenvalue weighted by molar-refractivity contribution is 0.391. The first-order chi connectivity index (χ1) is 9.76. The van der Waals surface area contributed by atoms with Crippen LogP contribution < -0.4 is 20.5 Å². The maximum absolute atomic E-state index is 5.89. The van der Waals surface area contributed by atoms with Gasteiger partial charge in [0.2, 0.25) is 0 Å². The van der Waals surface area contributed by atoms with Gasteiger partial charge in [-0.05, 0) is 29.1 Å². The molecule has 0 saturated carbocycles. The van der Waals surface area contributed by atoms with Crippen LogP contribution in [0.3, 0.4) is 0 Å². The van der Waals surface area contributed by atoms with Crippen molar-refractivity contribution in [2.24, 2.45) is 5.73 Å². The number of rotatable bonds is 7. The molecule has 0 amide bonds. The van der Waals surface area contributed by atoms with Crippen LogP contribution in [0.4, 0.5) is 0 Å². The van der Waals surface area contributed by atoms with Gasteiger partial charge in [-0.2, -0.15) is 0 Å². The Balaban J connectivity index is 2.13. The molecule has 0 aliphatic heterocycles. The highest BCUT2D eigenvalue weighted by Gasteiger charge is 2.12. The van der Waals surface area contributed by atoms with Crippen molar-refractivity contribution in [3.05, 3.63) is 46.2 Å². The second-order valence-electron chi connectivity index (χ2n) is 4.39. The maximum atomic E-state index is 5.89. The monoisotopic (exact) mass is 292 g/mol. The number of hydrogen-bond donors (Lipinski definition) is 2. The van der Waals surface area contributed by atoms with Crippen molar-refractivity contribution < 1.29 is 9.47 Å². The minimum absolute atomic E-state index is 0.0705. The molecule has 0 radical (unpaired) electrons. The molecule has 1 aromatic carbocycles. The third kappa shape index (κ3) is 3.72. The summed E-state index contributed by atoms with van der Waals surface area (Å²) in [4.78, 5) is 1.29. The third-order valence-electron chi connectivity index (χ3n) is 3.11. The smallest absolute Gasteiger partial charge is 0.122 e. The van der Waals surface area contributed by atoms with Gasteiger partial charge in [0.25, 0.3) is 0 Å². The Labute approximate surface area is 123 Å². The number of nitrogens with two attached hydrogens (primary N) is 1. The lowest BCUT2D eigenvalue weighted by Crippen LogP contribution is -2.27. The highest BCUT2D eigenvalue weighted by atomic mass is 32.1. The fraction of sp³-hybridized carbons (Fsp3) is 0.333. The summed E-state index contributed by atoms with van der Waals surface area (Å²) < 4.78 is 10.6. The number of hydrogen-bond acceptors (Lipinski definition) is 5. The van der Waals surface area contributed by atoms with Gasteiger partial charge in [0.1, 0.15) is 11.5 Å². The molecule has 1 atom stereocenters. The van der Waals surface area contributed by atoms with Crippen LogP contribution in [-0.4, -0.2) is 20.8 Å². The van der Waals surface area contributed by atoms with Crippen molar-refractivity contribution in [3.63, 3.8) is 0 Å². The standard InChI is InChI=1S/C15H20N2O2S/c1-18-12-6-11(7-13(8-12)19-2)15(9-16)17-10-14-4-3-5-20-14/h3-8,15,17H,9-10,16H2,1-2H3. The van der Waals surface area contributed by atoms with Gasteiger partial charge in [0.05, 0.1) is 14.2 Å². The van der Waals surface area contributed by atoms with E-state index in [2.05, 4.69) is 16.8 Å². The van der Waals surface area contributed by atoms with Gasteiger partial charge in [-0.3, -0.25) is 0 Å². The van der Waals surface area contributed by atoms with E-state index >= 15 is 0 Å². The second-order valence-corrected chi connectivity index (χ2v) is 5.43. The summed E-state index contributed by atoms with van der Waals surface area (Å²) in [5, 5.41) is 5.54. The maximum Gasteiger partial charge on any atom is 0.122 e. The predicted octanol–water partition coefficient (Wildman–Crippen LogP) is 2.55. The van der Waals surface area contributed by atoms with Gasteiger partial charge in [-0.15, -0.1) is 11.3 Å². The van der Waals surface area contributed by atoms with Gasteiger partial charge in [0, 0.05) is 30.1 Å². The average molecular weight is 292 g/mol. The van der Waals surface area contributed by atoms with Crippen LogP contribution in [0.15, 0.2) is 35.7 Å². The van der Waals surface area contributed by atoms with Crippen molar-refractivity contribution in [1.29, 1.82) is 0 Å². The fourth-order valence-electron chi connectivity index (χ4n) is 2.00. The van der Waals surface area contributed by atoms with E-state index in [0.29, 0.717) is 6.54 Å². The third-order valence-corrected chi connectivity index (χ3v) is 3.99. The Morgan fingerprint density at radius 2 is 1.90 bits per heavy atom. The highest BCUT2D eigenvalue weighted by Crippen LogP contribution is 2.26. The molecular formula is C15H20N2O2S. The summed E-state index contributed by atoms with van der Waals surface area (Å²) in [5.41, 5.74) is 6.96. The molecule has 0 aliphatic carbocycles. The van der Waals surface area contributed by atoms with E-state index in [1.165, 1.54) is 4.88 Å². The molecule has 1 heterocycles. The van der Waals surface area contributed by atoms with Crippen LogP contribution in [0.5, 0.6) is 11.5 Å².